The molecule has 2 aromatic heterocycles. The van der Waals surface area contributed by atoms with E-state index in [1.165, 1.54) is 23.1 Å². The first-order valence-electron chi connectivity index (χ1n) is 9.53. The van der Waals surface area contributed by atoms with Gasteiger partial charge in [0.15, 0.2) is 5.16 Å². The van der Waals surface area contributed by atoms with Crippen molar-refractivity contribution in [3.8, 4) is 0 Å². The van der Waals surface area contributed by atoms with Gasteiger partial charge in [-0.15, -0.1) is 11.3 Å². The number of unbranched alkanes of at least 4 members (excludes halogenated alkanes) is 1. The first-order chi connectivity index (χ1) is 13.8. The third-order valence-corrected chi connectivity index (χ3v) is 8.22. The van der Waals surface area contributed by atoms with Crippen LogP contribution in [-0.4, -0.2) is 30.3 Å². The molecule has 0 aliphatic carbocycles. The summed E-state index contributed by atoms with van der Waals surface area (Å²) in [7, 11) is -3.53. The summed E-state index contributed by atoms with van der Waals surface area (Å²) in [5.74, 6) is 0.486. The molecule has 0 bridgehead atoms. The van der Waals surface area contributed by atoms with Crippen LogP contribution >= 0.6 is 23.1 Å². The Balaban J connectivity index is 1.78. The second kappa shape index (κ2) is 9.42. The summed E-state index contributed by atoms with van der Waals surface area (Å²) in [4.78, 5) is 19.9. The monoisotopic (exact) mass is 451 g/mol. The minimum atomic E-state index is -3.53. The molecule has 0 aliphatic heterocycles. The molecule has 29 heavy (non-hydrogen) atoms. The van der Waals surface area contributed by atoms with Crippen molar-refractivity contribution in [1.29, 1.82) is 0 Å². The highest BCUT2D eigenvalue weighted by molar-refractivity contribution is 7.99. The lowest BCUT2D eigenvalue weighted by molar-refractivity contribution is 0.558. The van der Waals surface area contributed by atoms with Crippen molar-refractivity contribution in [3.63, 3.8) is 0 Å². The summed E-state index contributed by atoms with van der Waals surface area (Å²) < 4.78 is 29.0. The number of thioether (sulfide) groups is 1. The van der Waals surface area contributed by atoms with E-state index in [1.807, 2.05) is 13.8 Å². The third kappa shape index (κ3) is 4.91. The molecule has 9 heteroatoms. The molecule has 1 aromatic carbocycles. The van der Waals surface area contributed by atoms with Gasteiger partial charge in [0.25, 0.3) is 5.56 Å². The Bertz CT molecular complexity index is 1150. The van der Waals surface area contributed by atoms with E-state index >= 15 is 0 Å². The second-order valence-corrected chi connectivity index (χ2v) is 10.8. The van der Waals surface area contributed by atoms with Gasteiger partial charge in [-0.3, -0.25) is 9.36 Å². The number of hydrogen-bond acceptors (Lipinski definition) is 6. The molecule has 0 fully saturated rings. The number of nitrogens with one attached hydrogen (secondary N) is 1. The number of aryl methyl sites for hydroxylation is 2. The number of aromatic nitrogens is 2. The Kier molecular flexibility index (Phi) is 7.15. The van der Waals surface area contributed by atoms with Gasteiger partial charge >= 0.3 is 0 Å². The van der Waals surface area contributed by atoms with E-state index in [4.69, 9.17) is 4.98 Å². The lowest BCUT2D eigenvalue weighted by Crippen LogP contribution is -2.27. The van der Waals surface area contributed by atoms with Gasteiger partial charge in [-0.25, -0.2) is 18.1 Å². The molecule has 3 rings (SSSR count). The maximum atomic E-state index is 13.1. The van der Waals surface area contributed by atoms with Gasteiger partial charge in [0.05, 0.1) is 10.3 Å². The number of benzene rings is 1. The van der Waals surface area contributed by atoms with Crippen molar-refractivity contribution in [2.45, 2.75) is 50.2 Å². The van der Waals surface area contributed by atoms with Crippen molar-refractivity contribution in [2.75, 3.05) is 12.3 Å². The van der Waals surface area contributed by atoms with Crippen LogP contribution in [0, 0.1) is 13.8 Å². The normalized spacial score (nSPS) is 12.0. The van der Waals surface area contributed by atoms with Crippen LogP contribution in [0.4, 0.5) is 0 Å². The van der Waals surface area contributed by atoms with Gasteiger partial charge < -0.3 is 0 Å². The summed E-state index contributed by atoms with van der Waals surface area (Å²) in [6.07, 6.45) is 1.87. The fourth-order valence-electron chi connectivity index (χ4n) is 2.93. The molecule has 0 aliphatic rings. The van der Waals surface area contributed by atoms with Gasteiger partial charge in [0.2, 0.25) is 10.0 Å². The molecule has 0 amide bonds. The average molecular weight is 452 g/mol. The van der Waals surface area contributed by atoms with E-state index in [1.54, 1.807) is 34.9 Å². The molecule has 6 nitrogen and oxygen atoms in total. The van der Waals surface area contributed by atoms with E-state index in [0.717, 1.165) is 28.1 Å². The van der Waals surface area contributed by atoms with E-state index in [2.05, 4.69) is 11.6 Å². The van der Waals surface area contributed by atoms with Crippen LogP contribution in [0.15, 0.2) is 45.2 Å². The molecule has 0 atom stereocenters. The predicted molar refractivity (Wildman–Crippen MR) is 121 cm³/mol. The van der Waals surface area contributed by atoms with Crippen molar-refractivity contribution < 1.29 is 8.42 Å². The Morgan fingerprint density at radius 1 is 1.21 bits per heavy atom. The van der Waals surface area contributed by atoms with E-state index in [-0.39, 0.29) is 17.0 Å². The molecule has 2 heterocycles. The zero-order chi connectivity index (χ0) is 21.0. The number of rotatable bonds is 9. The van der Waals surface area contributed by atoms with Crippen molar-refractivity contribution in [1.82, 2.24) is 14.3 Å². The highest BCUT2D eigenvalue weighted by atomic mass is 32.2. The van der Waals surface area contributed by atoms with Crippen LogP contribution in [0.1, 0.15) is 30.2 Å². The van der Waals surface area contributed by atoms with Crippen LogP contribution in [0.25, 0.3) is 10.2 Å². The minimum Gasteiger partial charge on any atom is -0.287 e. The van der Waals surface area contributed by atoms with Crippen LogP contribution in [0.5, 0.6) is 0 Å². The van der Waals surface area contributed by atoms with Gasteiger partial charge in [-0.1, -0.05) is 43.3 Å². The Hall–Kier alpha value is -1.68. The summed E-state index contributed by atoms with van der Waals surface area (Å²) in [6, 6.07) is 8.30. The number of sulfonamides is 1. The predicted octanol–water partition coefficient (Wildman–Crippen LogP) is 3.95. The van der Waals surface area contributed by atoms with Crippen LogP contribution in [0.3, 0.4) is 0 Å². The first kappa shape index (κ1) is 22.0. The number of hydrogen-bond donors (Lipinski definition) is 1. The van der Waals surface area contributed by atoms with Crippen LogP contribution in [-0.2, 0) is 16.6 Å². The van der Waals surface area contributed by atoms with Crippen LogP contribution < -0.4 is 10.3 Å². The molecule has 0 unspecified atom stereocenters. The van der Waals surface area contributed by atoms with Gasteiger partial charge in [0, 0.05) is 23.7 Å². The lowest BCUT2D eigenvalue weighted by Gasteiger charge is -2.12. The number of thiophene rings is 1. The molecule has 156 valence electrons. The summed E-state index contributed by atoms with van der Waals surface area (Å²) in [6.45, 7) is 6.92. The second-order valence-electron chi connectivity index (χ2n) is 6.73. The van der Waals surface area contributed by atoms with E-state index < -0.39 is 10.0 Å². The molecule has 1 N–H and O–H groups in total. The molecule has 0 radical (unpaired) electrons. The largest absolute Gasteiger partial charge is 0.287 e. The lowest BCUT2D eigenvalue weighted by atomic mass is 10.2. The maximum absolute atomic E-state index is 13.1. The maximum Gasteiger partial charge on any atom is 0.263 e. The first-order valence-corrected chi connectivity index (χ1v) is 12.8. The summed E-state index contributed by atoms with van der Waals surface area (Å²) >= 11 is 2.94. The Labute approximate surface area is 179 Å². The molecular weight excluding hydrogens is 426 g/mol. The Morgan fingerprint density at radius 3 is 2.62 bits per heavy atom. The SMILES string of the molecule is CCCCn1c(SCCNS(=O)(=O)c2ccccc2)nc2sc(C)c(C)c2c1=O. The van der Waals surface area contributed by atoms with Crippen LogP contribution in [0.2, 0.25) is 0 Å². The van der Waals surface area contributed by atoms with Gasteiger partial charge in [-0.05, 0) is 38.0 Å². The Morgan fingerprint density at radius 2 is 1.93 bits per heavy atom. The number of nitrogens with zero attached hydrogens (tertiary/aromatic N) is 2. The highest BCUT2D eigenvalue weighted by Crippen LogP contribution is 2.28. The topological polar surface area (TPSA) is 81.1 Å². The van der Waals surface area contributed by atoms with Crippen molar-refractivity contribution in [3.05, 3.63) is 51.1 Å². The standard InChI is InChI=1S/C20H25N3O3S3/c1-4-5-12-23-19(24)17-14(2)15(3)28-18(17)22-20(23)27-13-11-21-29(25,26)16-9-7-6-8-10-16/h6-10,21H,4-5,11-13H2,1-3H3. The third-order valence-electron chi connectivity index (χ3n) is 4.67. The molecule has 3 aromatic rings. The molecule has 0 saturated heterocycles. The number of fused-ring (bicyclic) bond motifs is 1. The molecular formula is C20H25N3O3S3. The van der Waals surface area contributed by atoms with Gasteiger partial charge in [-0.2, -0.15) is 0 Å². The summed E-state index contributed by atoms with van der Waals surface area (Å²) in [5, 5.41) is 1.36. The van der Waals surface area contributed by atoms with Gasteiger partial charge in [0.1, 0.15) is 4.83 Å². The highest BCUT2D eigenvalue weighted by Gasteiger charge is 2.17. The molecule has 0 spiro atoms. The van der Waals surface area contributed by atoms with Crippen molar-refractivity contribution in [2.24, 2.45) is 0 Å². The van der Waals surface area contributed by atoms with Crippen molar-refractivity contribution >= 4 is 43.3 Å². The van der Waals surface area contributed by atoms with E-state index in [0.29, 0.717) is 22.8 Å². The molecule has 0 saturated carbocycles. The quantitative estimate of drug-likeness (QED) is 0.303. The zero-order valence-electron chi connectivity index (χ0n) is 16.8. The minimum absolute atomic E-state index is 0.00216. The van der Waals surface area contributed by atoms with E-state index in [9.17, 15) is 13.2 Å². The fraction of sp³-hybridized carbons (Fsp3) is 0.400. The smallest absolute Gasteiger partial charge is 0.263 e. The average Bonchev–Trinajstić information content (AvgIpc) is 2.99. The fourth-order valence-corrected chi connectivity index (χ4v) is 6.07. The zero-order valence-corrected chi connectivity index (χ0v) is 19.2. The summed E-state index contributed by atoms with van der Waals surface area (Å²) in [5.41, 5.74) is 0.998.